The van der Waals surface area contributed by atoms with Gasteiger partial charge in [-0.05, 0) is 62.2 Å². The first kappa shape index (κ1) is 21.4. The van der Waals surface area contributed by atoms with Crippen molar-refractivity contribution in [1.82, 2.24) is 0 Å². The highest BCUT2D eigenvalue weighted by Crippen LogP contribution is 2.31. The first-order chi connectivity index (χ1) is 15.5. The Kier molecular flexibility index (Phi) is 6.36. The molecule has 3 aromatic carbocycles. The summed E-state index contributed by atoms with van der Waals surface area (Å²) in [5, 5.41) is 5.87. The second kappa shape index (κ2) is 9.52. The van der Waals surface area contributed by atoms with Gasteiger partial charge < -0.3 is 9.47 Å². The Morgan fingerprint density at radius 1 is 0.906 bits per heavy atom. The molecule has 0 N–H and O–H groups in total. The van der Waals surface area contributed by atoms with E-state index in [2.05, 4.69) is 36.3 Å². The number of rotatable bonds is 7. The van der Waals surface area contributed by atoms with Gasteiger partial charge >= 0.3 is 0 Å². The lowest BCUT2D eigenvalue weighted by molar-refractivity contribution is -0.114. The molecule has 0 saturated carbocycles. The predicted molar refractivity (Wildman–Crippen MR) is 128 cm³/mol. The molecule has 0 aliphatic carbocycles. The number of hydrogen-bond acceptors (Lipinski definition) is 4. The number of para-hydroxylation sites is 1. The van der Waals surface area contributed by atoms with Gasteiger partial charge in [-0.15, -0.1) is 0 Å². The first-order valence-electron chi connectivity index (χ1n) is 10.7. The van der Waals surface area contributed by atoms with E-state index >= 15 is 0 Å². The van der Waals surface area contributed by atoms with Gasteiger partial charge in [0.05, 0.1) is 23.6 Å². The predicted octanol–water partition coefficient (Wildman–Crippen LogP) is 5.78. The molecule has 1 heterocycles. The summed E-state index contributed by atoms with van der Waals surface area (Å²) in [4.78, 5) is 13.0. The maximum Gasteiger partial charge on any atom is 0.280 e. The molecule has 1 aliphatic rings. The number of carbonyl (C=O) groups is 1. The Bertz CT molecular complexity index is 1170. The van der Waals surface area contributed by atoms with Crippen LogP contribution in [-0.4, -0.2) is 18.2 Å². The Balaban J connectivity index is 1.55. The lowest BCUT2D eigenvalue weighted by atomic mass is 10.1. The number of anilines is 1. The van der Waals surface area contributed by atoms with Crippen LogP contribution in [0.5, 0.6) is 11.5 Å². The summed E-state index contributed by atoms with van der Waals surface area (Å²) in [7, 11) is 0. The van der Waals surface area contributed by atoms with Crippen molar-refractivity contribution in [2.24, 2.45) is 5.10 Å². The maximum atomic E-state index is 13.0. The standard InChI is InChI=1S/C27H26N2O3/c1-4-31-26-17-22(14-15-25(26)32-18-21-12-10-19(2)11-13-21)16-24-20(3)28-29(27(24)30)23-8-6-5-7-9-23/h5-17H,4,18H2,1-3H3/b24-16+. The molecule has 0 saturated heterocycles. The van der Waals surface area contributed by atoms with Crippen LogP contribution in [0.4, 0.5) is 5.69 Å². The van der Waals surface area contributed by atoms with Crippen LogP contribution in [0.1, 0.15) is 30.5 Å². The number of hydrazone groups is 1. The molecular formula is C27H26N2O3. The number of nitrogens with zero attached hydrogens (tertiary/aromatic N) is 2. The highest BCUT2D eigenvalue weighted by molar-refractivity contribution is 6.32. The quantitative estimate of drug-likeness (QED) is 0.450. The van der Waals surface area contributed by atoms with Crippen LogP contribution in [0.25, 0.3) is 6.08 Å². The highest BCUT2D eigenvalue weighted by Gasteiger charge is 2.28. The van der Waals surface area contributed by atoms with Crippen molar-refractivity contribution in [3.63, 3.8) is 0 Å². The van der Waals surface area contributed by atoms with E-state index in [0.29, 0.717) is 36.0 Å². The maximum absolute atomic E-state index is 13.0. The Morgan fingerprint density at radius 2 is 1.66 bits per heavy atom. The van der Waals surface area contributed by atoms with Crippen molar-refractivity contribution in [1.29, 1.82) is 0 Å². The molecular weight excluding hydrogens is 400 g/mol. The number of amides is 1. The van der Waals surface area contributed by atoms with Crippen molar-refractivity contribution < 1.29 is 14.3 Å². The summed E-state index contributed by atoms with van der Waals surface area (Å²) in [6, 6.07) is 23.4. The Hall–Kier alpha value is -3.86. The van der Waals surface area contributed by atoms with Crippen molar-refractivity contribution in [2.75, 3.05) is 11.6 Å². The summed E-state index contributed by atoms with van der Waals surface area (Å²) in [5.41, 5.74) is 5.14. The van der Waals surface area contributed by atoms with Crippen LogP contribution in [-0.2, 0) is 11.4 Å². The number of carbonyl (C=O) groups excluding carboxylic acids is 1. The normalized spacial score (nSPS) is 14.6. The molecule has 0 fully saturated rings. The largest absolute Gasteiger partial charge is 0.490 e. The molecule has 162 valence electrons. The Labute approximate surface area is 188 Å². The van der Waals surface area contributed by atoms with Crippen molar-refractivity contribution in [2.45, 2.75) is 27.4 Å². The van der Waals surface area contributed by atoms with E-state index in [1.807, 2.05) is 68.5 Å². The second-order valence-corrected chi connectivity index (χ2v) is 7.61. The van der Waals surface area contributed by atoms with Gasteiger partial charge in [0.15, 0.2) is 11.5 Å². The SMILES string of the molecule is CCOc1cc(/C=C2/C(=O)N(c3ccccc3)N=C2C)ccc1OCc1ccc(C)cc1. The van der Waals surface area contributed by atoms with Crippen molar-refractivity contribution >= 4 is 23.4 Å². The molecule has 0 radical (unpaired) electrons. The van der Waals surface area contributed by atoms with E-state index in [-0.39, 0.29) is 5.91 Å². The molecule has 0 atom stereocenters. The van der Waals surface area contributed by atoms with Gasteiger partial charge in [0.1, 0.15) is 6.61 Å². The third-order valence-electron chi connectivity index (χ3n) is 5.16. The topological polar surface area (TPSA) is 51.1 Å². The van der Waals surface area contributed by atoms with Gasteiger partial charge in [-0.25, -0.2) is 0 Å². The number of benzene rings is 3. The lowest BCUT2D eigenvalue weighted by Gasteiger charge is -2.13. The van der Waals surface area contributed by atoms with Gasteiger partial charge in [0.2, 0.25) is 0 Å². The molecule has 5 heteroatoms. The fourth-order valence-electron chi connectivity index (χ4n) is 3.44. The fourth-order valence-corrected chi connectivity index (χ4v) is 3.44. The van der Waals surface area contributed by atoms with E-state index in [1.54, 1.807) is 0 Å². The Morgan fingerprint density at radius 3 is 2.38 bits per heavy atom. The first-order valence-corrected chi connectivity index (χ1v) is 10.7. The summed E-state index contributed by atoms with van der Waals surface area (Å²) < 4.78 is 11.8. The number of hydrogen-bond donors (Lipinski definition) is 0. The van der Waals surface area contributed by atoms with Crippen LogP contribution < -0.4 is 14.5 Å². The minimum absolute atomic E-state index is 0.147. The van der Waals surface area contributed by atoms with Crippen LogP contribution in [0.2, 0.25) is 0 Å². The second-order valence-electron chi connectivity index (χ2n) is 7.61. The number of aryl methyl sites for hydroxylation is 1. The van der Waals surface area contributed by atoms with Crippen LogP contribution in [0, 0.1) is 6.92 Å². The number of ether oxygens (including phenoxy) is 2. The highest BCUT2D eigenvalue weighted by atomic mass is 16.5. The average molecular weight is 427 g/mol. The molecule has 0 unspecified atom stereocenters. The minimum atomic E-state index is -0.147. The molecule has 0 spiro atoms. The van der Waals surface area contributed by atoms with Gasteiger partial charge in [-0.2, -0.15) is 10.1 Å². The van der Waals surface area contributed by atoms with Gasteiger partial charge in [0.25, 0.3) is 5.91 Å². The van der Waals surface area contributed by atoms with Crippen molar-refractivity contribution in [3.8, 4) is 11.5 Å². The van der Waals surface area contributed by atoms with E-state index < -0.39 is 0 Å². The third-order valence-corrected chi connectivity index (χ3v) is 5.16. The summed E-state index contributed by atoms with van der Waals surface area (Å²) in [6.45, 7) is 6.81. The van der Waals surface area contributed by atoms with Gasteiger partial charge in [-0.3, -0.25) is 4.79 Å². The van der Waals surface area contributed by atoms with E-state index in [4.69, 9.17) is 9.47 Å². The molecule has 4 rings (SSSR count). The zero-order valence-electron chi connectivity index (χ0n) is 18.5. The average Bonchev–Trinajstić information content (AvgIpc) is 3.09. The minimum Gasteiger partial charge on any atom is -0.490 e. The molecule has 5 nitrogen and oxygen atoms in total. The summed E-state index contributed by atoms with van der Waals surface area (Å²) in [5.74, 6) is 1.17. The molecule has 0 aromatic heterocycles. The van der Waals surface area contributed by atoms with Crippen LogP contribution in [0.15, 0.2) is 83.5 Å². The smallest absolute Gasteiger partial charge is 0.280 e. The molecule has 0 bridgehead atoms. The van der Waals surface area contributed by atoms with E-state index in [1.165, 1.54) is 10.6 Å². The zero-order valence-corrected chi connectivity index (χ0v) is 18.5. The van der Waals surface area contributed by atoms with Crippen molar-refractivity contribution in [3.05, 3.63) is 95.1 Å². The summed E-state index contributed by atoms with van der Waals surface area (Å²) in [6.07, 6.45) is 1.84. The monoisotopic (exact) mass is 426 g/mol. The summed E-state index contributed by atoms with van der Waals surface area (Å²) >= 11 is 0. The van der Waals surface area contributed by atoms with E-state index in [0.717, 1.165) is 16.8 Å². The van der Waals surface area contributed by atoms with Crippen LogP contribution >= 0.6 is 0 Å². The van der Waals surface area contributed by atoms with E-state index in [9.17, 15) is 4.79 Å². The fraction of sp³-hybridized carbons (Fsp3) is 0.185. The molecule has 1 aliphatic heterocycles. The van der Waals surface area contributed by atoms with Gasteiger partial charge in [-0.1, -0.05) is 54.1 Å². The molecule has 3 aromatic rings. The lowest BCUT2D eigenvalue weighted by Crippen LogP contribution is -2.21. The molecule has 1 amide bonds. The third kappa shape index (κ3) is 4.72. The van der Waals surface area contributed by atoms with Gasteiger partial charge in [0, 0.05) is 0 Å². The molecule has 32 heavy (non-hydrogen) atoms. The van der Waals surface area contributed by atoms with Crippen LogP contribution in [0.3, 0.4) is 0 Å². The zero-order chi connectivity index (χ0) is 22.5.